The topological polar surface area (TPSA) is 46.1 Å². The third-order valence-corrected chi connectivity index (χ3v) is 3.99. The lowest BCUT2D eigenvalue weighted by Crippen LogP contribution is -2.40. The zero-order chi connectivity index (χ0) is 17.0. The second-order valence-corrected chi connectivity index (χ2v) is 5.84. The van der Waals surface area contributed by atoms with E-state index in [2.05, 4.69) is 48.3 Å². The van der Waals surface area contributed by atoms with Gasteiger partial charge in [0.05, 0.1) is 26.4 Å². The van der Waals surface area contributed by atoms with Crippen LogP contribution >= 0.6 is 0 Å². The van der Waals surface area contributed by atoms with E-state index in [0.29, 0.717) is 26.4 Å². The number of para-hydroxylation sites is 1. The fraction of sp³-hybridized carbons (Fsp3) is 0.632. The quantitative estimate of drug-likeness (QED) is 0.406. The van der Waals surface area contributed by atoms with Crippen molar-refractivity contribution in [3.63, 3.8) is 0 Å². The molecule has 0 aromatic heterocycles. The summed E-state index contributed by atoms with van der Waals surface area (Å²) in [6.07, 6.45) is 3.36. The van der Waals surface area contributed by atoms with E-state index in [1.54, 1.807) is 0 Å². The van der Waals surface area contributed by atoms with Gasteiger partial charge in [0, 0.05) is 25.4 Å². The van der Waals surface area contributed by atoms with E-state index in [1.807, 2.05) is 0 Å². The molecule has 1 aromatic rings. The lowest BCUT2D eigenvalue weighted by molar-refractivity contribution is 0.0497. The first kappa shape index (κ1) is 18.7. The number of hydrogen-bond donors (Lipinski definition) is 1. The van der Waals surface area contributed by atoms with Gasteiger partial charge in [0.2, 0.25) is 0 Å². The minimum absolute atomic E-state index is 0.627. The molecule has 0 bridgehead atoms. The van der Waals surface area contributed by atoms with Crippen LogP contribution in [0.5, 0.6) is 0 Å². The summed E-state index contributed by atoms with van der Waals surface area (Å²) in [5.74, 6) is 0.949. The van der Waals surface area contributed by atoms with E-state index in [0.717, 1.165) is 38.5 Å². The highest BCUT2D eigenvalue weighted by Crippen LogP contribution is 2.27. The molecule has 0 unspecified atom stereocenters. The number of ether oxygens (including phenoxy) is 2. The maximum Gasteiger partial charge on any atom is 0.198 e. The Balaban J connectivity index is 1.74. The lowest BCUT2D eigenvalue weighted by atomic mass is 10.2. The van der Waals surface area contributed by atoms with Gasteiger partial charge < -0.3 is 19.7 Å². The van der Waals surface area contributed by atoms with E-state index >= 15 is 0 Å². The van der Waals surface area contributed by atoms with E-state index in [4.69, 9.17) is 14.5 Å². The predicted octanol–water partition coefficient (Wildman–Crippen LogP) is 2.85. The van der Waals surface area contributed by atoms with Crippen molar-refractivity contribution in [2.75, 3.05) is 51.0 Å². The number of hydrogen-bond acceptors (Lipinski definition) is 3. The van der Waals surface area contributed by atoms with Crippen LogP contribution in [0.25, 0.3) is 0 Å². The summed E-state index contributed by atoms with van der Waals surface area (Å²) in [6, 6.07) is 8.55. The summed E-state index contributed by atoms with van der Waals surface area (Å²) in [4.78, 5) is 6.98. The summed E-state index contributed by atoms with van der Waals surface area (Å²) >= 11 is 0. The van der Waals surface area contributed by atoms with Crippen LogP contribution in [0.2, 0.25) is 0 Å². The second kappa shape index (κ2) is 11.0. The van der Waals surface area contributed by atoms with Crippen molar-refractivity contribution in [1.29, 1.82) is 0 Å². The Morgan fingerprint density at radius 2 is 1.92 bits per heavy atom. The summed E-state index contributed by atoms with van der Waals surface area (Å²) in [5, 5.41) is 3.39. The molecule has 0 aliphatic carbocycles. The molecule has 24 heavy (non-hydrogen) atoms. The van der Waals surface area contributed by atoms with Crippen LogP contribution in [0.15, 0.2) is 29.3 Å². The van der Waals surface area contributed by atoms with E-state index < -0.39 is 0 Å². The molecule has 0 atom stereocenters. The fourth-order valence-electron chi connectivity index (χ4n) is 2.74. The van der Waals surface area contributed by atoms with Gasteiger partial charge in [0.15, 0.2) is 5.96 Å². The maximum atomic E-state index is 5.60. The van der Waals surface area contributed by atoms with Crippen LogP contribution in [0.4, 0.5) is 5.69 Å². The number of nitrogens with one attached hydrogen (secondary N) is 1. The average Bonchev–Trinajstić information content (AvgIpc) is 3.03. The Labute approximate surface area is 146 Å². The van der Waals surface area contributed by atoms with Crippen molar-refractivity contribution in [3.05, 3.63) is 29.8 Å². The normalized spacial score (nSPS) is 14.1. The third kappa shape index (κ3) is 5.80. The first-order valence-corrected chi connectivity index (χ1v) is 9.16. The minimum Gasteiger partial charge on any atom is -0.379 e. The van der Waals surface area contributed by atoms with Crippen molar-refractivity contribution in [2.45, 2.75) is 33.1 Å². The number of anilines is 1. The Morgan fingerprint density at radius 1 is 1.12 bits per heavy atom. The maximum absolute atomic E-state index is 5.60. The molecule has 0 spiro atoms. The van der Waals surface area contributed by atoms with Crippen molar-refractivity contribution in [3.8, 4) is 0 Å². The molecule has 5 nitrogen and oxygen atoms in total. The molecule has 0 radical (unpaired) electrons. The largest absolute Gasteiger partial charge is 0.379 e. The first-order chi connectivity index (χ1) is 11.9. The van der Waals surface area contributed by atoms with Crippen LogP contribution in [0.3, 0.4) is 0 Å². The van der Waals surface area contributed by atoms with Crippen LogP contribution in [-0.4, -0.2) is 52.0 Å². The van der Waals surface area contributed by atoms with Crippen molar-refractivity contribution < 1.29 is 9.47 Å². The number of benzene rings is 1. The molecule has 1 N–H and O–H groups in total. The van der Waals surface area contributed by atoms with Gasteiger partial charge in [-0.1, -0.05) is 31.5 Å². The number of fused-ring (bicyclic) bond motifs is 1. The molecular weight excluding hydrogens is 302 g/mol. The number of rotatable bonds is 10. The highest BCUT2D eigenvalue weighted by atomic mass is 16.5. The molecule has 1 aromatic carbocycles. The molecule has 0 fully saturated rings. The number of unbranched alkanes of at least 4 members (excludes halogenated alkanes) is 1. The first-order valence-electron chi connectivity index (χ1n) is 9.16. The molecule has 1 aliphatic rings. The number of aliphatic imine (C=N–C) groups is 1. The average molecular weight is 333 g/mol. The van der Waals surface area contributed by atoms with Crippen molar-refractivity contribution in [2.24, 2.45) is 4.99 Å². The Kier molecular flexibility index (Phi) is 8.63. The molecule has 2 rings (SSSR count). The Bertz CT molecular complexity index is 505. The van der Waals surface area contributed by atoms with Crippen LogP contribution in [-0.2, 0) is 15.9 Å². The van der Waals surface area contributed by atoms with Gasteiger partial charge in [-0.15, -0.1) is 0 Å². The smallest absolute Gasteiger partial charge is 0.198 e. The third-order valence-electron chi connectivity index (χ3n) is 3.99. The van der Waals surface area contributed by atoms with E-state index in [-0.39, 0.29) is 0 Å². The van der Waals surface area contributed by atoms with Crippen LogP contribution in [0.1, 0.15) is 32.3 Å². The van der Waals surface area contributed by atoms with Crippen LogP contribution in [0, 0.1) is 0 Å². The van der Waals surface area contributed by atoms with E-state index in [9.17, 15) is 0 Å². The Morgan fingerprint density at radius 3 is 2.71 bits per heavy atom. The highest BCUT2D eigenvalue weighted by molar-refractivity contribution is 5.97. The summed E-state index contributed by atoms with van der Waals surface area (Å²) in [7, 11) is 0. The SMILES string of the molecule is CCCCOCCOCCN=C(NCC)N1CCc2ccccc21. The zero-order valence-corrected chi connectivity index (χ0v) is 15.1. The lowest BCUT2D eigenvalue weighted by Gasteiger charge is -2.22. The van der Waals surface area contributed by atoms with Gasteiger partial charge in [0.1, 0.15) is 0 Å². The van der Waals surface area contributed by atoms with E-state index in [1.165, 1.54) is 17.7 Å². The second-order valence-electron chi connectivity index (χ2n) is 5.84. The summed E-state index contributed by atoms with van der Waals surface area (Å²) in [5.41, 5.74) is 2.66. The zero-order valence-electron chi connectivity index (χ0n) is 15.1. The molecular formula is C19H31N3O2. The highest BCUT2D eigenvalue weighted by Gasteiger charge is 2.22. The van der Waals surface area contributed by atoms with Gasteiger partial charge in [-0.3, -0.25) is 4.99 Å². The number of nitrogens with zero attached hydrogens (tertiary/aromatic N) is 2. The molecule has 0 amide bonds. The van der Waals surface area contributed by atoms with Crippen molar-refractivity contribution in [1.82, 2.24) is 5.32 Å². The Hall–Kier alpha value is -1.59. The number of guanidine groups is 1. The molecule has 134 valence electrons. The van der Waals surface area contributed by atoms with Crippen molar-refractivity contribution >= 4 is 11.6 Å². The van der Waals surface area contributed by atoms with Crippen LogP contribution < -0.4 is 10.2 Å². The summed E-state index contributed by atoms with van der Waals surface area (Å²) in [6.45, 7) is 9.54. The summed E-state index contributed by atoms with van der Waals surface area (Å²) < 4.78 is 11.1. The van der Waals surface area contributed by atoms with Gasteiger partial charge in [-0.05, 0) is 31.4 Å². The van der Waals surface area contributed by atoms with Gasteiger partial charge in [0.25, 0.3) is 0 Å². The molecule has 0 saturated carbocycles. The standard InChI is InChI=1S/C19H31N3O2/c1-3-5-13-23-15-16-24-14-11-21-19(20-4-2)22-12-10-17-8-6-7-9-18(17)22/h6-9H,3-5,10-16H2,1-2H3,(H,20,21). The minimum atomic E-state index is 0.627. The van der Waals surface area contributed by atoms with Gasteiger partial charge >= 0.3 is 0 Å². The molecule has 1 aliphatic heterocycles. The van der Waals surface area contributed by atoms with Gasteiger partial charge in [-0.2, -0.15) is 0 Å². The molecule has 5 heteroatoms. The molecule has 1 heterocycles. The predicted molar refractivity (Wildman–Crippen MR) is 100 cm³/mol. The monoisotopic (exact) mass is 333 g/mol. The fourth-order valence-corrected chi connectivity index (χ4v) is 2.74. The molecule has 0 saturated heterocycles. The van der Waals surface area contributed by atoms with Gasteiger partial charge in [-0.25, -0.2) is 0 Å².